The second-order valence-corrected chi connectivity index (χ2v) is 10.1. The zero-order valence-corrected chi connectivity index (χ0v) is 20.4. The number of aromatic nitrogens is 1. The molecule has 2 N–H and O–H groups in total. The molecule has 3 aromatic rings. The second-order valence-electron chi connectivity index (χ2n) is 6.54. The Morgan fingerprint density at radius 2 is 1.70 bits per heavy atom. The van der Waals surface area contributed by atoms with Crippen molar-refractivity contribution in [3.8, 4) is 12.1 Å². The summed E-state index contributed by atoms with van der Waals surface area (Å²) in [7, 11) is 0. The summed E-state index contributed by atoms with van der Waals surface area (Å²) in [4.78, 5) is 13.1. The topological polar surface area (TPSA) is 95.6 Å². The van der Waals surface area contributed by atoms with E-state index in [0.29, 0.717) is 14.8 Å². The molecule has 4 rings (SSSR count). The van der Waals surface area contributed by atoms with E-state index in [1.807, 2.05) is 48.5 Å². The van der Waals surface area contributed by atoms with Crippen LogP contribution >= 0.6 is 56.5 Å². The van der Waals surface area contributed by atoms with Crippen molar-refractivity contribution in [3.63, 3.8) is 0 Å². The number of hydrogen-bond acceptors (Lipinski definition) is 5. The molecule has 0 radical (unpaired) electrons. The molecular weight excluding hydrogens is 622 g/mol. The van der Waals surface area contributed by atoms with E-state index in [1.165, 1.54) is 15.9 Å². The normalized spacial score (nSPS) is 16.2. The molecule has 1 atom stereocenters. The fourth-order valence-corrected chi connectivity index (χ4v) is 5.68. The predicted octanol–water partition coefficient (Wildman–Crippen LogP) is 3.07. The predicted molar refractivity (Wildman–Crippen MR) is 134 cm³/mol. The maximum atomic E-state index is 13.1. The number of thiazole rings is 1. The summed E-state index contributed by atoms with van der Waals surface area (Å²) in [5.74, 6) is -0.516. The van der Waals surface area contributed by atoms with Crippen LogP contribution in [0.4, 0.5) is 0 Å². The standard InChI is InChI=1S/C22H12I2N4OS/c23-14-5-1-3-12(7-14)8-18-21(29)28-20(27)16(10-25)19(17(11-26)22(28)30-18)13-4-2-6-15(24)9-13/h1-9,19H,27H2/b18-8-/t19-/m0/s1. The maximum absolute atomic E-state index is 13.1. The number of fused-ring (bicyclic) bond motifs is 1. The third kappa shape index (κ3) is 3.60. The highest BCUT2D eigenvalue weighted by Gasteiger charge is 2.32. The lowest BCUT2D eigenvalue weighted by atomic mass is 9.84. The van der Waals surface area contributed by atoms with Gasteiger partial charge in [-0.1, -0.05) is 24.3 Å². The first-order chi connectivity index (χ1) is 14.4. The van der Waals surface area contributed by atoms with Crippen LogP contribution in [0.5, 0.6) is 0 Å². The molecule has 0 fully saturated rings. The van der Waals surface area contributed by atoms with Gasteiger partial charge in [0.05, 0.1) is 33.7 Å². The van der Waals surface area contributed by atoms with Crippen LogP contribution in [0.2, 0.25) is 0 Å². The SMILES string of the molecule is N#CC1=C(N)n2c(s/c(=C\c3cccc(I)c3)c2=O)=C(C#N)[C@H]1c1cccc(I)c1. The van der Waals surface area contributed by atoms with Gasteiger partial charge in [0.25, 0.3) is 5.56 Å². The molecule has 1 aliphatic rings. The quantitative estimate of drug-likeness (QED) is 0.439. The lowest BCUT2D eigenvalue weighted by Crippen LogP contribution is -2.38. The Morgan fingerprint density at radius 3 is 2.33 bits per heavy atom. The van der Waals surface area contributed by atoms with Crippen molar-refractivity contribution in [3.05, 3.63) is 91.9 Å². The molecule has 146 valence electrons. The zero-order valence-electron chi connectivity index (χ0n) is 15.3. The van der Waals surface area contributed by atoms with Gasteiger partial charge in [0, 0.05) is 7.14 Å². The molecule has 0 spiro atoms. The summed E-state index contributed by atoms with van der Waals surface area (Å²) in [5.41, 5.74) is 8.22. The molecule has 1 aliphatic heterocycles. The summed E-state index contributed by atoms with van der Waals surface area (Å²) in [5, 5.41) is 19.8. The van der Waals surface area contributed by atoms with Crippen molar-refractivity contribution in [1.82, 2.24) is 4.57 Å². The molecule has 0 saturated heterocycles. The largest absolute Gasteiger partial charge is 0.384 e. The summed E-state index contributed by atoms with van der Waals surface area (Å²) < 4.78 is 4.27. The van der Waals surface area contributed by atoms with Gasteiger partial charge in [-0.15, -0.1) is 11.3 Å². The van der Waals surface area contributed by atoms with E-state index in [2.05, 4.69) is 57.3 Å². The van der Waals surface area contributed by atoms with E-state index in [1.54, 1.807) is 6.08 Å². The van der Waals surface area contributed by atoms with E-state index in [9.17, 15) is 15.3 Å². The Bertz CT molecular complexity index is 1480. The second kappa shape index (κ2) is 8.38. The Morgan fingerprint density at radius 1 is 1.03 bits per heavy atom. The van der Waals surface area contributed by atoms with Crippen molar-refractivity contribution in [2.45, 2.75) is 5.92 Å². The third-order valence-electron chi connectivity index (χ3n) is 4.72. The van der Waals surface area contributed by atoms with Gasteiger partial charge in [0.15, 0.2) is 0 Å². The molecule has 0 unspecified atom stereocenters. The molecule has 0 saturated carbocycles. The number of benzene rings is 2. The number of nitrogens with zero attached hydrogens (tertiary/aromatic N) is 3. The highest BCUT2D eigenvalue weighted by molar-refractivity contribution is 14.1. The number of nitriles is 2. The van der Waals surface area contributed by atoms with Gasteiger partial charge in [0.2, 0.25) is 0 Å². The van der Waals surface area contributed by atoms with Gasteiger partial charge in [-0.3, -0.25) is 9.36 Å². The van der Waals surface area contributed by atoms with E-state index in [0.717, 1.165) is 18.3 Å². The van der Waals surface area contributed by atoms with Crippen molar-refractivity contribution >= 4 is 74.0 Å². The van der Waals surface area contributed by atoms with E-state index < -0.39 is 5.92 Å². The lowest BCUT2D eigenvalue weighted by molar-refractivity contribution is 0.906. The van der Waals surface area contributed by atoms with Gasteiger partial charge in [-0.05, 0) is 86.7 Å². The highest BCUT2D eigenvalue weighted by Crippen LogP contribution is 2.35. The molecule has 2 aromatic carbocycles. The molecule has 1 aromatic heterocycles. The van der Waals surface area contributed by atoms with Gasteiger partial charge in [-0.2, -0.15) is 10.5 Å². The number of rotatable bonds is 2. The first-order valence-electron chi connectivity index (χ1n) is 8.73. The first kappa shape index (κ1) is 20.8. The average Bonchev–Trinajstić information content (AvgIpc) is 3.04. The summed E-state index contributed by atoms with van der Waals surface area (Å²) in [6.07, 6.45) is 1.79. The van der Waals surface area contributed by atoms with Gasteiger partial charge < -0.3 is 5.73 Å². The Hall–Kier alpha value is -2.41. The first-order valence-corrected chi connectivity index (χ1v) is 11.7. The lowest BCUT2D eigenvalue weighted by Gasteiger charge is -2.22. The minimum atomic E-state index is -0.599. The van der Waals surface area contributed by atoms with Crippen LogP contribution in [-0.4, -0.2) is 4.57 Å². The Labute approximate surface area is 203 Å². The highest BCUT2D eigenvalue weighted by atomic mass is 127. The number of allylic oxidation sites excluding steroid dienone is 1. The van der Waals surface area contributed by atoms with Crippen LogP contribution < -0.4 is 20.5 Å². The van der Waals surface area contributed by atoms with Gasteiger partial charge in [0.1, 0.15) is 10.5 Å². The van der Waals surface area contributed by atoms with Crippen molar-refractivity contribution in [2.75, 3.05) is 0 Å². The molecule has 2 heterocycles. The fraction of sp³-hybridized carbons (Fsp3) is 0.0455. The maximum Gasteiger partial charge on any atom is 0.274 e. The fourth-order valence-electron chi connectivity index (χ4n) is 3.42. The minimum Gasteiger partial charge on any atom is -0.384 e. The van der Waals surface area contributed by atoms with Gasteiger partial charge >= 0.3 is 0 Å². The third-order valence-corrected chi connectivity index (χ3v) is 7.17. The smallest absolute Gasteiger partial charge is 0.274 e. The zero-order chi connectivity index (χ0) is 21.4. The molecular formula is C22H12I2N4OS. The molecule has 5 nitrogen and oxygen atoms in total. The molecule has 0 amide bonds. The minimum absolute atomic E-state index is 0.0823. The van der Waals surface area contributed by atoms with Crippen LogP contribution in [0.3, 0.4) is 0 Å². The summed E-state index contributed by atoms with van der Waals surface area (Å²) in [6.45, 7) is 0. The van der Waals surface area contributed by atoms with E-state index >= 15 is 0 Å². The monoisotopic (exact) mass is 634 g/mol. The molecule has 0 bridgehead atoms. The molecule has 8 heteroatoms. The Kier molecular flexibility index (Phi) is 5.82. The summed E-state index contributed by atoms with van der Waals surface area (Å²) in [6, 6.07) is 19.7. The number of nitrogens with two attached hydrogens (primary N) is 1. The van der Waals surface area contributed by atoms with Gasteiger partial charge in [-0.25, -0.2) is 0 Å². The van der Waals surface area contributed by atoms with Crippen molar-refractivity contribution < 1.29 is 0 Å². The van der Waals surface area contributed by atoms with Crippen LogP contribution in [0, 0.1) is 29.8 Å². The number of hydrogen-bond donors (Lipinski definition) is 1. The van der Waals surface area contributed by atoms with Crippen LogP contribution in [0.25, 0.3) is 17.5 Å². The van der Waals surface area contributed by atoms with Crippen LogP contribution in [0.1, 0.15) is 17.0 Å². The van der Waals surface area contributed by atoms with Crippen LogP contribution in [0.15, 0.2) is 58.9 Å². The number of halogens is 2. The Balaban J connectivity index is 2.07. The van der Waals surface area contributed by atoms with E-state index in [4.69, 9.17) is 5.73 Å². The average molecular weight is 634 g/mol. The summed E-state index contributed by atoms with van der Waals surface area (Å²) >= 11 is 5.62. The van der Waals surface area contributed by atoms with E-state index in [-0.39, 0.29) is 17.0 Å². The molecule has 30 heavy (non-hydrogen) atoms. The van der Waals surface area contributed by atoms with Crippen molar-refractivity contribution in [2.24, 2.45) is 5.73 Å². The van der Waals surface area contributed by atoms with Crippen LogP contribution in [-0.2, 0) is 0 Å². The van der Waals surface area contributed by atoms with Crippen molar-refractivity contribution in [1.29, 1.82) is 10.5 Å². The molecule has 0 aliphatic carbocycles.